The van der Waals surface area contributed by atoms with Gasteiger partial charge in [0, 0.05) is 6.07 Å². The number of ether oxygens (including phenoxy) is 1. The van der Waals surface area contributed by atoms with Gasteiger partial charge < -0.3 is 35.4 Å². The second-order valence-electron chi connectivity index (χ2n) is 6.45. The molecule has 1 aliphatic heterocycles. The molecular formula is C15H18N2O13S. The SMILES string of the molecule is O=C(O)C[C@@H](C(=O)O)N([C@]1(O)OC[C@@H](O)[C@@H](O)[C@@H]1O)S(=O)(=O)c1ccccc1[N+](=O)[O-]. The van der Waals surface area contributed by atoms with Crippen molar-refractivity contribution in [1.29, 1.82) is 0 Å². The lowest BCUT2D eigenvalue weighted by Gasteiger charge is -2.47. The van der Waals surface area contributed by atoms with Crippen LogP contribution in [0.4, 0.5) is 5.69 Å². The Morgan fingerprint density at radius 2 is 1.84 bits per heavy atom. The molecule has 31 heavy (non-hydrogen) atoms. The molecule has 0 radical (unpaired) electrons. The van der Waals surface area contributed by atoms with Crippen molar-refractivity contribution in [2.24, 2.45) is 0 Å². The number of rotatable bonds is 8. The smallest absolute Gasteiger partial charge is 0.322 e. The highest BCUT2D eigenvalue weighted by Crippen LogP contribution is 2.37. The number of carboxylic acids is 2. The van der Waals surface area contributed by atoms with E-state index < -0.39 is 85.1 Å². The number of hydrogen-bond donors (Lipinski definition) is 6. The molecule has 1 aromatic carbocycles. The number of nitro groups is 1. The molecule has 0 saturated carbocycles. The van der Waals surface area contributed by atoms with Gasteiger partial charge in [-0.25, -0.2) is 8.42 Å². The van der Waals surface area contributed by atoms with Gasteiger partial charge in [-0.05, 0) is 6.07 Å². The van der Waals surface area contributed by atoms with Gasteiger partial charge in [0.1, 0.15) is 18.2 Å². The second kappa shape index (κ2) is 8.79. The number of para-hydroxylation sites is 1. The zero-order valence-electron chi connectivity index (χ0n) is 15.4. The molecule has 1 saturated heterocycles. The van der Waals surface area contributed by atoms with Gasteiger partial charge in [0.05, 0.1) is 18.0 Å². The minimum absolute atomic E-state index is 0.474. The summed E-state index contributed by atoms with van der Waals surface area (Å²) < 4.78 is 30.9. The van der Waals surface area contributed by atoms with Crippen LogP contribution in [0, 0.1) is 10.1 Å². The van der Waals surface area contributed by atoms with Crippen molar-refractivity contribution in [3.05, 3.63) is 34.4 Å². The van der Waals surface area contributed by atoms with E-state index >= 15 is 0 Å². The zero-order valence-corrected chi connectivity index (χ0v) is 16.2. The predicted octanol–water partition coefficient (Wildman–Crippen LogP) is -2.73. The first-order chi connectivity index (χ1) is 14.2. The molecule has 5 atom stereocenters. The van der Waals surface area contributed by atoms with E-state index in [9.17, 15) is 53.7 Å². The first-order valence-electron chi connectivity index (χ1n) is 8.38. The topological polar surface area (TPSA) is 245 Å². The van der Waals surface area contributed by atoms with Crippen molar-refractivity contribution in [2.45, 2.75) is 41.6 Å². The lowest BCUT2D eigenvalue weighted by atomic mass is 10.0. The van der Waals surface area contributed by atoms with Crippen molar-refractivity contribution >= 4 is 27.6 Å². The van der Waals surface area contributed by atoms with Crippen molar-refractivity contribution in [3.8, 4) is 0 Å². The number of sulfonamides is 1. The third-order valence-electron chi connectivity index (χ3n) is 4.42. The number of carbonyl (C=O) groups is 2. The molecule has 16 heteroatoms. The molecule has 2 rings (SSSR count). The fourth-order valence-corrected chi connectivity index (χ4v) is 4.82. The average Bonchev–Trinajstić information content (AvgIpc) is 2.68. The van der Waals surface area contributed by atoms with E-state index in [2.05, 4.69) is 0 Å². The molecule has 0 amide bonds. The largest absolute Gasteiger partial charge is 0.481 e. The summed E-state index contributed by atoms with van der Waals surface area (Å²) in [6, 6.07) is 0.910. The maximum absolute atomic E-state index is 13.3. The van der Waals surface area contributed by atoms with E-state index in [1.54, 1.807) is 0 Å². The van der Waals surface area contributed by atoms with Gasteiger partial charge in [-0.3, -0.25) is 19.7 Å². The normalized spacial score (nSPS) is 27.6. The van der Waals surface area contributed by atoms with Crippen molar-refractivity contribution < 1.29 is 58.3 Å². The zero-order chi connectivity index (χ0) is 23.7. The summed E-state index contributed by atoms with van der Waals surface area (Å²) >= 11 is 0. The molecule has 1 aliphatic rings. The van der Waals surface area contributed by atoms with Crippen molar-refractivity contribution in [3.63, 3.8) is 0 Å². The third kappa shape index (κ3) is 4.49. The van der Waals surface area contributed by atoms with Gasteiger partial charge in [0.15, 0.2) is 11.0 Å². The Morgan fingerprint density at radius 3 is 2.35 bits per heavy atom. The standard InChI is InChI=1S/C15H18N2O13S/c18-9-6-30-15(25,13(22)12(9)21)16(8(14(23)24)5-11(19)20)31(28,29)10-4-2-1-3-7(10)17(26)27/h1-4,8-9,12-13,18,21-22,25H,5-6H2,(H,19,20)(H,23,24)/t8-,9+,12+,13-,15+/m0/s1. The van der Waals surface area contributed by atoms with E-state index in [0.29, 0.717) is 6.07 Å². The summed E-state index contributed by atoms with van der Waals surface area (Å²) in [5.41, 5.74) is -1.05. The Kier molecular flexibility index (Phi) is 6.96. The Bertz CT molecular complexity index is 983. The van der Waals surface area contributed by atoms with E-state index in [1.165, 1.54) is 0 Å². The van der Waals surface area contributed by atoms with Crippen LogP contribution in [0.15, 0.2) is 29.2 Å². The monoisotopic (exact) mass is 466 g/mol. The van der Waals surface area contributed by atoms with Crippen LogP contribution < -0.4 is 0 Å². The third-order valence-corrected chi connectivity index (χ3v) is 6.36. The van der Waals surface area contributed by atoms with Crippen LogP contribution in [0.25, 0.3) is 0 Å². The van der Waals surface area contributed by atoms with Crippen LogP contribution in [0.5, 0.6) is 0 Å². The fourth-order valence-electron chi connectivity index (χ4n) is 2.95. The number of carboxylic acid groups (broad SMARTS) is 2. The number of nitro benzene ring substituents is 1. The predicted molar refractivity (Wildman–Crippen MR) is 94.7 cm³/mol. The molecular weight excluding hydrogens is 448 g/mol. The summed E-state index contributed by atoms with van der Waals surface area (Å²) in [6.45, 7) is -1.00. The van der Waals surface area contributed by atoms with E-state index in [4.69, 9.17) is 9.84 Å². The molecule has 1 heterocycles. The van der Waals surface area contributed by atoms with Crippen molar-refractivity contribution in [1.82, 2.24) is 4.31 Å². The molecule has 0 aliphatic carbocycles. The molecule has 1 aromatic rings. The second-order valence-corrected chi connectivity index (χ2v) is 8.23. The van der Waals surface area contributed by atoms with E-state index in [0.717, 1.165) is 18.2 Å². The summed E-state index contributed by atoms with van der Waals surface area (Å²) in [4.78, 5) is 31.9. The van der Waals surface area contributed by atoms with Crippen molar-refractivity contribution in [2.75, 3.05) is 6.61 Å². The Balaban J connectivity index is 2.81. The van der Waals surface area contributed by atoms with Gasteiger partial charge >= 0.3 is 11.9 Å². The summed E-state index contributed by atoms with van der Waals surface area (Å²) in [5.74, 6) is -7.57. The van der Waals surface area contributed by atoms with E-state index in [1.807, 2.05) is 0 Å². The maximum Gasteiger partial charge on any atom is 0.322 e. The lowest BCUT2D eigenvalue weighted by molar-refractivity contribution is -0.388. The molecule has 172 valence electrons. The number of aliphatic carboxylic acids is 2. The first-order valence-corrected chi connectivity index (χ1v) is 9.82. The molecule has 0 unspecified atom stereocenters. The van der Waals surface area contributed by atoms with Crippen LogP contribution in [-0.2, 0) is 24.3 Å². The summed E-state index contributed by atoms with van der Waals surface area (Å²) in [5, 5.41) is 70.3. The first kappa shape index (κ1) is 24.5. The van der Waals surface area contributed by atoms with Gasteiger partial charge in [-0.2, -0.15) is 0 Å². The number of nitrogens with zero attached hydrogens (tertiary/aromatic N) is 2. The molecule has 0 aromatic heterocycles. The number of hydrogen-bond acceptors (Lipinski definition) is 11. The number of aliphatic hydroxyl groups excluding tert-OH is 3. The Hall–Kier alpha value is -2.73. The van der Waals surface area contributed by atoms with Gasteiger partial charge in [0.25, 0.3) is 21.6 Å². The summed E-state index contributed by atoms with van der Waals surface area (Å²) in [7, 11) is -5.48. The average molecular weight is 466 g/mol. The maximum atomic E-state index is 13.3. The van der Waals surface area contributed by atoms with Crippen LogP contribution >= 0.6 is 0 Å². The Labute approximate surface area is 173 Å². The van der Waals surface area contributed by atoms with Gasteiger partial charge in [-0.15, -0.1) is 4.31 Å². The minimum atomic E-state index is -5.48. The van der Waals surface area contributed by atoms with Gasteiger partial charge in [-0.1, -0.05) is 12.1 Å². The van der Waals surface area contributed by atoms with Crippen LogP contribution in [0.2, 0.25) is 0 Å². The van der Waals surface area contributed by atoms with Crippen LogP contribution in [0.1, 0.15) is 6.42 Å². The summed E-state index contributed by atoms with van der Waals surface area (Å²) in [6.07, 6.45) is -8.23. The number of aliphatic hydroxyl groups is 4. The molecule has 15 nitrogen and oxygen atoms in total. The van der Waals surface area contributed by atoms with Crippen LogP contribution in [0.3, 0.4) is 0 Å². The quantitative estimate of drug-likeness (QED) is 0.130. The molecule has 6 N–H and O–H groups in total. The highest BCUT2D eigenvalue weighted by Gasteiger charge is 2.60. The minimum Gasteiger partial charge on any atom is -0.481 e. The van der Waals surface area contributed by atoms with E-state index in [-0.39, 0.29) is 0 Å². The highest BCUT2D eigenvalue weighted by atomic mass is 32.2. The molecule has 1 fully saturated rings. The fraction of sp³-hybridized carbons (Fsp3) is 0.467. The number of benzene rings is 1. The molecule has 0 spiro atoms. The Morgan fingerprint density at radius 1 is 1.26 bits per heavy atom. The lowest BCUT2D eigenvalue weighted by Crippen LogP contribution is -2.72. The highest BCUT2D eigenvalue weighted by molar-refractivity contribution is 7.89. The van der Waals surface area contributed by atoms with Gasteiger partial charge in [0.2, 0.25) is 0 Å². The van der Waals surface area contributed by atoms with Crippen LogP contribution in [-0.4, -0.2) is 97.1 Å². The molecule has 0 bridgehead atoms.